The molecule has 0 radical (unpaired) electrons. The zero-order chi connectivity index (χ0) is 16.2. The second kappa shape index (κ2) is 6.60. The van der Waals surface area contributed by atoms with E-state index in [0.717, 1.165) is 6.42 Å². The van der Waals surface area contributed by atoms with Crippen molar-refractivity contribution >= 4 is 5.91 Å². The number of nitrogens with zero attached hydrogens (tertiary/aromatic N) is 4. The van der Waals surface area contributed by atoms with Crippen LogP contribution in [0.3, 0.4) is 0 Å². The van der Waals surface area contributed by atoms with Gasteiger partial charge < -0.3 is 14.4 Å². The van der Waals surface area contributed by atoms with Crippen molar-refractivity contribution in [2.45, 2.75) is 19.4 Å². The Morgan fingerprint density at radius 1 is 1.30 bits per heavy atom. The lowest BCUT2D eigenvalue weighted by Gasteiger charge is -2.18. The van der Waals surface area contributed by atoms with Gasteiger partial charge in [-0.15, -0.1) is 0 Å². The van der Waals surface area contributed by atoms with Gasteiger partial charge in [-0.2, -0.15) is 4.98 Å². The fourth-order valence-electron chi connectivity index (χ4n) is 2.57. The summed E-state index contributed by atoms with van der Waals surface area (Å²) in [6.45, 7) is 2.96. The fourth-order valence-corrected chi connectivity index (χ4v) is 2.57. The first-order valence-electron chi connectivity index (χ1n) is 7.42. The lowest BCUT2D eigenvalue weighted by molar-refractivity contribution is 0.0767. The molecular weight excluding hydrogens is 296 g/mol. The molecule has 1 unspecified atom stereocenters. The Morgan fingerprint density at radius 2 is 2.17 bits per heavy atom. The van der Waals surface area contributed by atoms with Crippen molar-refractivity contribution in [2.24, 2.45) is 0 Å². The third-order valence-electron chi connectivity index (χ3n) is 3.67. The van der Waals surface area contributed by atoms with Crippen LogP contribution in [0.4, 0.5) is 0 Å². The summed E-state index contributed by atoms with van der Waals surface area (Å²) in [4.78, 5) is 26.7. The maximum atomic E-state index is 12.6. The molecule has 1 saturated heterocycles. The first-order chi connectivity index (χ1) is 11.2. The number of hydrogen-bond donors (Lipinski definition) is 0. The summed E-state index contributed by atoms with van der Waals surface area (Å²) in [5.74, 6) is 1.44. The number of carbonyl (C=O) groups excluding carboxylic acids is 1. The van der Waals surface area contributed by atoms with Gasteiger partial charge in [-0.1, -0.05) is 0 Å². The van der Waals surface area contributed by atoms with Crippen LogP contribution >= 0.6 is 0 Å². The van der Waals surface area contributed by atoms with Crippen LogP contribution in [0.5, 0.6) is 11.8 Å². The summed E-state index contributed by atoms with van der Waals surface area (Å²) < 4.78 is 11.0. The van der Waals surface area contributed by atoms with E-state index < -0.39 is 0 Å². The smallest absolute Gasteiger partial charge is 0.259 e. The highest BCUT2D eigenvalue weighted by Crippen LogP contribution is 2.21. The van der Waals surface area contributed by atoms with Gasteiger partial charge in [0.25, 0.3) is 5.91 Å². The number of aromatic nitrogens is 3. The lowest BCUT2D eigenvalue weighted by atomic mass is 10.2. The van der Waals surface area contributed by atoms with Crippen molar-refractivity contribution < 1.29 is 14.3 Å². The standard InChI is InChI=1S/C16H18N4O3/c1-11-17-8-5-14(19-11)23-12-6-9-20(10-12)16(21)13-4-3-7-18-15(13)22-2/h3-5,7-8,12H,6,9-10H2,1-2H3. The third-order valence-corrected chi connectivity index (χ3v) is 3.67. The van der Waals surface area contributed by atoms with Gasteiger partial charge in [0.1, 0.15) is 17.5 Å². The maximum Gasteiger partial charge on any atom is 0.259 e. The minimum absolute atomic E-state index is 0.0732. The predicted molar refractivity (Wildman–Crippen MR) is 82.5 cm³/mol. The molecule has 2 aromatic heterocycles. The Labute approximate surface area is 134 Å². The van der Waals surface area contributed by atoms with Crippen molar-refractivity contribution in [1.29, 1.82) is 0 Å². The molecule has 0 bridgehead atoms. The summed E-state index contributed by atoms with van der Waals surface area (Å²) >= 11 is 0. The van der Waals surface area contributed by atoms with Crippen LogP contribution in [0.25, 0.3) is 0 Å². The topological polar surface area (TPSA) is 77.4 Å². The Hall–Kier alpha value is -2.70. The van der Waals surface area contributed by atoms with Gasteiger partial charge in [0, 0.05) is 31.4 Å². The SMILES string of the molecule is COc1ncccc1C(=O)N1CCC(Oc2ccnc(C)n2)C1. The number of amides is 1. The first-order valence-corrected chi connectivity index (χ1v) is 7.42. The van der Waals surface area contributed by atoms with E-state index in [9.17, 15) is 4.79 Å². The van der Waals surface area contributed by atoms with Gasteiger partial charge in [0.15, 0.2) is 0 Å². The predicted octanol–water partition coefficient (Wildman–Crippen LogP) is 1.48. The second-order valence-electron chi connectivity index (χ2n) is 5.28. The van der Waals surface area contributed by atoms with Crippen LogP contribution < -0.4 is 9.47 Å². The molecule has 3 heterocycles. The molecule has 1 fully saturated rings. The van der Waals surface area contributed by atoms with Gasteiger partial charge in [0.2, 0.25) is 11.8 Å². The molecule has 0 saturated carbocycles. The van der Waals surface area contributed by atoms with Crippen LogP contribution in [-0.4, -0.2) is 52.1 Å². The molecule has 1 amide bonds. The fraction of sp³-hybridized carbons (Fsp3) is 0.375. The second-order valence-corrected chi connectivity index (χ2v) is 5.28. The van der Waals surface area contributed by atoms with Crippen LogP contribution in [0.1, 0.15) is 22.6 Å². The zero-order valence-corrected chi connectivity index (χ0v) is 13.1. The number of methoxy groups -OCH3 is 1. The van der Waals surface area contributed by atoms with E-state index in [0.29, 0.717) is 36.2 Å². The molecule has 1 aliphatic rings. The molecule has 3 rings (SSSR count). The monoisotopic (exact) mass is 314 g/mol. The van der Waals surface area contributed by atoms with E-state index in [1.54, 1.807) is 35.5 Å². The molecular formula is C16H18N4O3. The highest BCUT2D eigenvalue weighted by molar-refractivity contribution is 5.96. The number of rotatable bonds is 4. The van der Waals surface area contributed by atoms with Gasteiger partial charge in [-0.05, 0) is 19.1 Å². The molecule has 23 heavy (non-hydrogen) atoms. The summed E-state index contributed by atoms with van der Waals surface area (Å²) in [7, 11) is 1.51. The number of ether oxygens (including phenoxy) is 2. The Morgan fingerprint density at radius 3 is 2.96 bits per heavy atom. The quantitative estimate of drug-likeness (QED) is 0.851. The Bertz CT molecular complexity index is 707. The van der Waals surface area contributed by atoms with Crippen LogP contribution in [0.15, 0.2) is 30.6 Å². The summed E-state index contributed by atoms with van der Waals surface area (Å²) in [5.41, 5.74) is 0.466. The van der Waals surface area contributed by atoms with Crippen LogP contribution in [0, 0.1) is 6.92 Å². The van der Waals surface area contributed by atoms with Crippen molar-refractivity contribution in [2.75, 3.05) is 20.2 Å². The molecule has 0 spiro atoms. The lowest BCUT2D eigenvalue weighted by Crippen LogP contribution is -2.31. The van der Waals surface area contributed by atoms with Gasteiger partial charge in [-0.3, -0.25) is 4.79 Å². The van der Waals surface area contributed by atoms with E-state index >= 15 is 0 Å². The molecule has 0 N–H and O–H groups in total. The van der Waals surface area contributed by atoms with Crippen molar-refractivity contribution in [3.63, 3.8) is 0 Å². The van der Waals surface area contributed by atoms with E-state index in [4.69, 9.17) is 9.47 Å². The molecule has 0 aromatic carbocycles. The minimum Gasteiger partial charge on any atom is -0.480 e. The number of carbonyl (C=O) groups is 1. The number of pyridine rings is 1. The Kier molecular flexibility index (Phi) is 4.36. The minimum atomic E-state index is -0.0973. The van der Waals surface area contributed by atoms with Gasteiger partial charge >= 0.3 is 0 Å². The zero-order valence-electron chi connectivity index (χ0n) is 13.1. The largest absolute Gasteiger partial charge is 0.480 e. The van der Waals surface area contributed by atoms with E-state index in [1.807, 2.05) is 6.92 Å². The van der Waals surface area contributed by atoms with Crippen molar-refractivity contribution in [3.05, 3.63) is 42.0 Å². The number of aryl methyl sites for hydroxylation is 1. The number of likely N-dealkylation sites (tertiary alicyclic amines) is 1. The van der Waals surface area contributed by atoms with Crippen LogP contribution in [-0.2, 0) is 0 Å². The summed E-state index contributed by atoms with van der Waals surface area (Å²) in [6, 6.07) is 5.17. The molecule has 7 heteroatoms. The average Bonchev–Trinajstić information content (AvgIpc) is 3.02. The third kappa shape index (κ3) is 3.39. The maximum absolute atomic E-state index is 12.6. The van der Waals surface area contributed by atoms with Gasteiger partial charge in [-0.25, -0.2) is 9.97 Å². The van der Waals surface area contributed by atoms with E-state index in [1.165, 1.54) is 7.11 Å². The van der Waals surface area contributed by atoms with Gasteiger partial charge in [0.05, 0.1) is 13.7 Å². The number of hydrogen-bond acceptors (Lipinski definition) is 6. The Balaban J connectivity index is 1.66. The highest BCUT2D eigenvalue weighted by Gasteiger charge is 2.30. The molecule has 0 aliphatic carbocycles. The average molecular weight is 314 g/mol. The van der Waals surface area contributed by atoms with Crippen molar-refractivity contribution in [1.82, 2.24) is 19.9 Å². The molecule has 7 nitrogen and oxygen atoms in total. The van der Waals surface area contributed by atoms with Crippen molar-refractivity contribution in [3.8, 4) is 11.8 Å². The summed E-state index contributed by atoms with van der Waals surface area (Å²) in [5, 5.41) is 0. The van der Waals surface area contributed by atoms with Crippen LogP contribution in [0.2, 0.25) is 0 Å². The molecule has 1 atom stereocenters. The molecule has 120 valence electrons. The summed E-state index contributed by atoms with van der Waals surface area (Å²) in [6.07, 6.45) is 3.95. The van der Waals surface area contributed by atoms with E-state index in [-0.39, 0.29) is 12.0 Å². The molecule has 2 aromatic rings. The normalized spacial score (nSPS) is 17.1. The van der Waals surface area contributed by atoms with E-state index in [2.05, 4.69) is 15.0 Å². The molecule has 1 aliphatic heterocycles. The first kappa shape index (κ1) is 15.2. The highest BCUT2D eigenvalue weighted by atomic mass is 16.5.